The molecule has 2 aromatic rings. The maximum absolute atomic E-state index is 12.4. The van der Waals surface area contributed by atoms with E-state index in [0.29, 0.717) is 24.7 Å². The normalized spacial score (nSPS) is 16.7. The van der Waals surface area contributed by atoms with Crippen LogP contribution in [0.4, 0.5) is 0 Å². The highest BCUT2D eigenvalue weighted by molar-refractivity contribution is 5.79. The van der Waals surface area contributed by atoms with Gasteiger partial charge >= 0.3 is 0 Å². The molecule has 1 atom stereocenters. The number of benzene rings is 1. The second kappa shape index (κ2) is 6.74. The van der Waals surface area contributed by atoms with Crippen LogP contribution < -0.4 is 14.8 Å². The zero-order valence-electron chi connectivity index (χ0n) is 15.0. The smallest absolute Gasteiger partial charge is 0.232 e. The lowest BCUT2D eigenvalue weighted by Gasteiger charge is -2.24. The Morgan fingerprint density at radius 3 is 2.88 bits per heavy atom. The van der Waals surface area contributed by atoms with Gasteiger partial charge in [-0.1, -0.05) is 32.0 Å². The van der Waals surface area contributed by atoms with Crippen molar-refractivity contribution in [1.82, 2.24) is 15.5 Å². The third kappa shape index (κ3) is 3.92. The number of carbonyl (C=O) groups is 1. The molecule has 7 nitrogen and oxygen atoms in total. The Morgan fingerprint density at radius 1 is 1.40 bits per heavy atom. The van der Waals surface area contributed by atoms with E-state index in [4.69, 9.17) is 14.0 Å². The number of aromatic nitrogens is 2. The van der Waals surface area contributed by atoms with Gasteiger partial charge in [-0.15, -0.1) is 0 Å². The molecule has 1 amide bonds. The van der Waals surface area contributed by atoms with Crippen LogP contribution in [0.25, 0.3) is 0 Å². The minimum Gasteiger partial charge on any atom is -0.497 e. The molecule has 0 aliphatic carbocycles. The Kier molecular flexibility index (Phi) is 4.65. The first-order valence-corrected chi connectivity index (χ1v) is 8.27. The molecular weight excluding hydrogens is 322 g/mol. The van der Waals surface area contributed by atoms with Crippen molar-refractivity contribution in [2.75, 3.05) is 13.7 Å². The average molecular weight is 345 g/mol. The molecule has 134 valence electrons. The standard InChI is InChI=1S/C18H23N3O4/c1-18(2,3)17-20-15(21-25-17)9-19-16(22)12-7-11-5-6-13(23-4)8-14(11)24-10-12/h5-6,8,12H,7,9-10H2,1-4H3,(H,19,22). The molecule has 1 unspecified atom stereocenters. The van der Waals surface area contributed by atoms with Gasteiger partial charge < -0.3 is 19.3 Å². The molecule has 0 saturated carbocycles. The number of hydrogen-bond acceptors (Lipinski definition) is 6. The maximum atomic E-state index is 12.4. The number of nitrogens with zero attached hydrogens (tertiary/aromatic N) is 2. The molecule has 1 aliphatic heterocycles. The van der Waals surface area contributed by atoms with E-state index < -0.39 is 0 Å². The summed E-state index contributed by atoms with van der Waals surface area (Å²) in [5.41, 5.74) is 0.791. The Bertz CT molecular complexity index is 764. The van der Waals surface area contributed by atoms with Crippen molar-refractivity contribution in [3.8, 4) is 11.5 Å². The van der Waals surface area contributed by atoms with Crippen molar-refractivity contribution in [3.05, 3.63) is 35.5 Å². The summed E-state index contributed by atoms with van der Waals surface area (Å²) in [6, 6.07) is 5.65. The van der Waals surface area contributed by atoms with Crippen LogP contribution in [0.15, 0.2) is 22.7 Å². The number of nitrogens with one attached hydrogen (secondary N) is 1. The van der Waals surface area contributed by atoms with Gasteiger partial charge in [0.15, 0.2) is 5.82 Å². The fourth-order valence-corrected chi connectivity index (χ4v) is 2.59. The van der Waals surface area contributed by atoms with E-state index in [2.05, 4.69) is 15.5 Å². The summed E-state index contributed by atoms with van der Waals surface area (Å²) in [5, 5.41) is 6.77. The van der Waals surface area contributed by atoms with E-state index >= 15 is 0 Å². The second-order valence-electron chi connectivity index (χ2n) is 7.17. The largest absolute Gasteiger partial charge is 0.497 e. The van der Waals surface area contributed by atoms with E-state index in [1.807, 2.05) is 39.0 Å². The summed E-state index contributed by atoms with van der Waals surface area (Å²) in [4.78, 5) is 16.7. The highest BCUT2D eigenvalue weighted by atomic mass is 16.5. The van der Waals surface area contributed by atoms with E-state index in [9.17, 15) is 4.79 Å². The number of carbonyl (C=O) groups excluding carboxylic acids is 1. The molecule has 3 rings (SSSR count). The predicted molar refractivity (Wildman–Crippen MR) is 90.5 cm³/mol. The second-order valence-corrected chi connectivity index (χ2v) is 7.17. The van der Waals surface area contributed by atoms with Gasteiger partial charge in [-0.25, -0.2) is 0 Å². The van der Waals surface area contributed by atoms with Crippen molar-refractivity contribution in [2.24, 2.45) is 5.92 Å². The van der Waals surface area contributed by atoms with Crippen molar-refractivity contribution < 1.29 is 18.8 Å². The monoisotopic (exact) mass is 345 g/mol. The van der Waals surface area contributed by atoms with Crippen LogP contribution in [-0.4, -0.2) is 29.8 Å². The van der Waals surface area contributed by atoms with Crippen LogP contribution in [0.3, 0.4) is 0 Å². The lowest BCUT2D eigenvalue weighted by Crippen LogP contribution is -2.37. The maximum Gasteiger partial charge on any atom is 0.232 e. The number of hydrogen-bond donors (Lipinski definition) is 1. The predicted octanol–water partition coefficient (Wildman–Crippen LogP) is 2.24. The van der Waals surface area contributed by atoms with Gasteiger partial charge in [0.25, 0.3) is 0 Å². The van der Waals surface area contributed by atoms with Crippen LogP contribution in [0.5, 0.6) is 11.5 Å². The molecule has 1 N–H and O–H groups in total. The molecule has 1 aromatic carbocycles. The van der Waals surface area contributed by atoms with Gasteiger partial charge in [0.2, 0.25) is 11.8 Å². The highest BCUT2D eigenvalue weighted by Gasteiger charge is 2.27. The molecule has 0 fully saturated rings. The minimum atomic E-state index is -0.241. The summed E-state index contributed by atoms with van der Waals surface area (Å²) < 4.78 is 16.1. The highest BCUT2D eigenvalue weighted by Crippen LogP contribution is 2.31. The molecule has 1 aromatic heterocycles. The van der Waals surface area contributed by atoms with E-state index in [-0.39, 0.29) is 23.8 Å². The van der Waals surface area contributed by atoms with Gasteiger partial charge in [0.1, 0.15) is 18.1 Å². The topological polar surface area (TPSA) is 86.5 Å². The van der Waals surface area contributed by atoms with E-state index in [1.165, 1.54) is 0 Å². The van der Waals surface area contributed by atoms with Gasteiger partial charge in [-0.3, -0.25) is 4.79 Å². The molecule has 2 heterocycles. The molecule has 25 heavy (non-hydrogen) atoms. The fourth-order valence-electron chi connectivity index (χ4n) is 2.59. The minimum absolute atomic E-state index is 0.0800. The molecule has 0 bridgehead atoms. The van der Waals surface area contributed by atoms with Gasteiger partial charge in [-0.2, -0.15) is 4.98 Å². The summed E-state index contributed by atoms with van der Waals surface area (Å²) in [7, 11) is 1.61. The lowest BCUT2D eigenvalue weighted by atomic mass is 9.96. The van der Waals surface area contributed by atoms with Gasteiger partial charge in [-0.05, 0) is 18.1 Å². The summed E-state index contributed by atoms with van der Waals surface area (Å²) in [6.07, 6.45) is 0.630. The number of amides is 1. The van der Waals surface area contributed by atoms with E-state index in [0.717, 1.165) is 17.1 Å². The molecule has 0 saturated heterocycles. The average Bonchev–Trinajstić information content (AvgIpc) is 3.08. The van der Waals surface area contributed by atoms with Gasteiger partial charge in [0.05, 0.1) is 19.6 Å². The van der Waals surface area contributed by atoms with Crippen molar-refractivity contribution in [1.29, 1.82) is 0 Å². The summed E-state index contributed by atoms with van der Waals surface area (Å²) in [5.74, 6) is 2.23. The van der Waals surface area contributed by atoms with Crippen LogP contribution in [0.2, 0.25) is 0 Å². The van der Waals surface area contributed by atoms with Crippen LogP contribution in [0.1, 0.15) is 38.0 Å². The Balaban J connectivity index is 1.58. The third-order valence-electron chi connectivity index (χ3n) is 4.08. The van der Waals surface area contributed by atoms with E-state index in [1.54, 1.807) is 7.11 Å². The number of ether oxygens (including phenoxy) is 2. The molecule has 7 heteroatoms. The van der Waals surface area contributed by atoms with Crippen LogP contribution in [0, 0.1) is 5.92 Å². The fraction of sp³-hybridized carbons (Fsp3) is 0.500. The number of fused-ring (bicyclic) bond motifs is 1. The molecular formula is C18H23N3O4. The SMILES string of the molecule is COc1ccc2c(c1)OCC(C(=O)NCc1noc(C(C)(C)C)n1)C2. The first-order chi connectivity index (χ1) is 11.9. The number of methoxy groups -OCH3 is 1. The zero-order chi connectivity index (χ0) is 18.0. The van der Waals surface area contributed by atoms with Gasteiger partial charge in [0, 0.05) is 11.5 Å². The van der Waals surface area contributed by atoms with Crippen LogP contribution >= 0.6 is 0 Å². The lowest BCUT2D eigenvalue weighted by molar-refractivity contribution is -0.126. The first-order valence-electron chi connectivity index (χ1n) is 8.27. The summed E-state index contributed by atoms with van der Waals surface area (Å²) in [6.45, 7) is 6.56. The summed E-state index contributed by atoms with van der Waals surface area (Å²) >= 11 is 0. The van der Waals surface area contributed by atoms with Crippen LogP contribution in [-0.2, 0) is 23.2 Å². The quantitative estimate of drug-likeness (QED) is 0.914. The zero-order valence-corrected chi connectivity index (χ0v) is 15.0. The Hall–Kier alpha value is -2.57. The third-order valence-corrected chi connectivity index (χ3v) is 4.08. The van der Waals surface area contributed by atoms with Crippen molar-refractivity contribution >= 4 is 5.91 Å². The number of rotatable bonds is 4. The Morgan fingerprint density at radius 2 is 2.20 bits per heavy atom. The molecule has 0 radical (unpaired) electrons. The molecule has 0 spiro atoms. The molecule has 1 aliphatic rings. The van der Waals surface area contributed by atoms with Crippen molar-refractivity contribution in [3.63, 3.8) is 0 Å². The Labute approximate surface area is 146 Å². The first kappa shape index (κ1) is 17.3. The van der Waals surface area contributed by atoms with Crippen molar-refractivity contribution in [2.45, 2.75) is 39.2 Å².